The maximum atomic E-state index is 15.5. The number of H-pyrrole nitrogens is 2. The van der Waals surface area contributed by atoms with Crippen LogP contribution in [-0.4, -0.2) is 69.8 Å². The first-order chi connectivity index (χ1) is 22.0. The number of nitrogens with one attached hydrogen (secondary N) is 4. The van der Waals surface area contributed by atoms with E-state index in [0.717, 1.165) is 12.1 Å². The highest BCUT2D eigenvalue weighted by atomic mass is 32.3. The van der Waals surface area contributed by atoms with E-state index in [1.807, 2.05) is 0 Å². The summed E-state index contributed by atoms with van der Waals surface area (Å²) >= 11 is 0. The Morgan fingerprint density at radius 3 is 2.35 bits per heavy atom. The molecule has 0 aliphatic carbocycles. The number of rotatable bonds is 9. The number of carbonyl (C=O) groups is 2. The van der Waals surface area contributed by atoms with Crippen molar-refractivity contribution in [3.8, 4) is 5.88 Å². The molecule has 3 aromatic heterocycles. The van der Waals surface area contributed by atoms with Crippen molar-refractivity contribution in [1.82, 2.24) is 35.5 Å². The first-order valence-corrected chi connectivity index (χ1v) is 15.3. The minimum absolute atomic E-state index is 0.00809. The van der Waals surface area contributed by atoms with Crippen molar-refractivity contribution in [3.63, 3.8) is 0 Å². The Morgan fingerprint density at radius 1 is 1.02 bits per heavy atom. The van der Waals surface area contributed by atoms with Crippen molar-refractivity contribution in [2.24, 2.45) is 0 Å². The lowest BCUT2D eigenvalue weighted by molar-refractivity contribution is -0.126. The number of urea groups is 1. The molecule has 0 saturated carbocycles. The largest absolute Gasteiger partial charge is 0.480 e. The SMILES string of the molecule is CONC(=O)Nc1ccc(S2(Cc3c(F)cccc3F)C(c3ccc(OC)nn3)=C(CN(C)C(C)=O)c3c2[nH]c(=O)[nH]c3=O)cn1. The predicted octanol–water partition coefficient (Wildman–Crippen LogP) is 3.00. The lowest BCUT2D eigenvalue weighted by Gasteiger charge is -2.39. The lowest BCUT2D eigenvalue weighted by atomic mass is 10.1. The van der Waals surface area contributed by atoms with E-state index in [9.17, 15) is 19.2 Å². The Morgan fingerprint density at radius 2 is 1.76 bits per heavy atom. The van der Waals surface area contributed by atoms with Gasteiger partial charge in [-0.2, -0.15) is 0 Å². The molecule has 0 bridgehead atoms. The van der Waals surface area contributed by atoms with Crippen LogP contribution in [0.15, 0.2) is 68.2 Å². The molecular weight excluding hydrogens is 626 g/mol. The van der Waals surface area contributed by atoms with Gasteiger partial charge in [-0.05, 0) is 30.3 Å². The van der Waals surface area contributed by atoms with Crippen molar-refractivity contribution < 1.29 is 27.9 Å². The summed E-state index contributed by atoms with van der Waals surface area (Å²) in [6, 6.07) is 8.78. The molecule has 0 radical (unpaired) electrons. The molecule has 14 nitrogen and oxygen atoms in total. The Kier molecular flexibility index (Phi) is 8.97. The summed E-state index contributed by atoms with van der Waals surface area (Å²) in [6.45, 7) is 1.20. The zero-order chi connectivity index (χ0) is 33.2. The Labute approximate surface area is 261 Å². The molecule has 3 amide bonds. The number of nitrogens with zero attached hydrogens (tertiary/aromatic N) is 4. The summed E-state index contributed by atoms with van der Waals surface area (Å²) in [5.41, 5.74) is 0.606. The number of benzene rings is 1. The van der Waals surface area contributed by atoms with Gasteiger partial charge in [0.1, 0.15) is 17.5 Å². The van der Waals surface area contributed by atoms with Crippen molar-refractivity contribution >= 4 is 38.3 Å². The maximum absolute atomic E-state index is 15.5. The third-order valence-corrected chi connectivity index (χ3v) is 11.1. The Bertz CT molecular complexity index is 1950. The summed E-state index contributed by atoms with van der Waals surface area (Å²) in [4.78, 5) is 67.0. The monoisotopic (exact) mass is 654 g/mol. The van der Waals surface area contributed by atoms with E-state index >= 15 is 8.78 Å². The highest BCUT2D eigenvalue weighted by Crippen LogP contribution is 2.77. The van der Waals surface area contributed by atoms with Crippen LogP contribution >= 0.6 is 10.0 Å². The fraction of sp³-hybridized carbons (Fsp3) is 0.207. The average molecular weight is 655 g/mol. The number of amides is 3. The molecule has 1 aromatic carbocycles. The minimum Gasteiger partial charge on any atom is -0.480 e. The van der Waals surface area contributed by atoms with Gasteiger partial charge in [-0.3, -0.25) is 24.7 Å². The van der Waals surface area contributed by atoms with Crippen molar-refractivity contribution in [1.29, 1.82) is 0 Å². The fourth-order valence-corrected chi connectivity index (χ4v) is 9.31. The van der Waals surface area contributed by atoms with Gasteiger partial charge >= 0.3 is 11.7 Å². The summed E-state index contributed by atoms with van der Waals surface area (Å²) in [6.07, 6.45) is 1.37. The van der Waals surface area contributed by atoms with Crippen LogP contribution < -0.4 is 26.8 Å². The third kappa shape index (κ3) is 5.84. The van der Waals surface area contributed by atoms with Gasteiger partial charge in [0.2, 0.25) is 11.8 Å². The van der Waals surface area contributed by atoms with Crippen LogP contribution in [0.4, 0.5) is 19.4 Å². The van der Waals surface area contributed by atoms with E-state index in [1.165, 1.54) is 57.5 Å². The first-order valence-electron chi connectivity index (χ1n) is 13.5. The average Bonchev–Trinajstić information content (AvgIpc) is 3.29. The number of hydrogen-bond acceptors (Lipinski definition) is 9. The van der Waals surface area contributed by atoms with Gasteiger partial charge in [0, 0.05) is 59.5 Å². The van der Waals surface area contributed by atoms with E-state index in [-0.39, 0.29) is 51.6 Å². The number of methoxy groups -OCH3 is 1. The molecule has 1 aliphatic heterocycles. The molecule has 1 aliphatic rings. The van der Waals surface area contributed by atoms with Gasteiger partial charge < -0.3 is 14.6 Å². The number of hydrogen-bond donors (Lipinski definition) is 4. The van der Waals surface area contributed by atoms with Crippen LogP contribution in [0.3, 0.4) is 0 Å². The van der Waals surface area contributed by atoms with Crippen LogP contribution in [0.1, 0.15) is 23.7 Å². The summed E-state index contributed by atoms with van der Waals surface area (Å²) in [7, 11) is 1.07. The quantitative estimate of drug-likeness (QED) is 0.156. The van der Waals surface area contributed by atoms with Crippen LogP contribution in [0.25, 0.3) is 10.5 Å². The fourth-order valence-electron chi connectivity index (χ4n) is 5.05. The van der Waals surface area contributed by atoms with Crippen LogP contribution in [0.2, 0.25) is 0 Å². The normalized spacial score (nSPS) is 16.7. The van der Waals surface area contributed by atoms with Gasteiger partial charge in [0.15, 0.2) is 0 Å². The zero-order valence-electron chi connectivity index (χ0n) is 24.9. The molecular formula is C29H28F2N8O6S. The second-order valence-corrected chi connectivity index (χ2v) is 13.0. The van der Waals surface area contributed by atoms with E-state index in [2.05, 4.69) is 40.8 Å². The molecule has 1 unspecified atom stereocenters. The minimum atomic E-state index is -3.10. The second-order valence-electron chi connectivity index (χ2n) is 9.98. The highest BCUT2D eigenvalue weighted by Gasteiger charge is 2.47. The summed E-state index contributed by atoms with van der Waals surface area (Å²) in [5, 5.41) is 11.0. The molecule has 4 aromatic rings. The number of fused-ring (bicyclic) bond motifs is 1. The molecule has 17 heteroatoms. The molecule has 4 N–H and O–H groups in total. The van der Waals surface area contributed by atoms with E-state index in [4.69, 9.17) is 4.74 Å². The number of aromatic amines is 2. The number of ether oxygens (including phenoxy) is 1. The molecule has 1 atom stereocenters. The predicted molar refractivity (Wildman–Crippen MR) is 164 cm³/mol. The summed E-state index contributed by atoms with van der Waals surface area (Å²) < 4.78 is 36.1. The number of anilines is 1. The van der Waals surface area contributed by atoms with Crippen molar-refractivity contribution in [3.05, 3.63) is 98.0 Å². The summed E-state index contributed by atoms with van der Waals surface area (Å²) in [5.74, 6) is -2.20. The van der Waals surface area contributed by atoms with Crippen LogP contribution in [-0.2, 0) is 15.4 Å². The molecule has 0 spiro atoms. The Hall–Kier alpha value is -5.42. The third-order valence-electron chi connectivity index (χ3n) is 7.19. The van der Waals surface area contributed by atoms with Gasteiger partial charge in [-0.1, -0.05) is 6.07 Å². The lowest BCUT2D eigenvalue weighted by Crippen LogP contribution is -2.30. The molecule has 0 fully saturated rings. The van der Waals surface area contributed by atoms with Gasteiger partial charge in [0.05, 0.1) is 30.5 Å². The molecule has 46 heavy (non-hydrogen) atoms. The standard InChI is InChI=1S/C29H28F2N8O6S/c1-15(40)39(2)13-17-24-26(41)34-28(42)35-27(24)46(14-18-19(30)6-5-7-20(18)31,25(17)21-9-11-23(44-3)37-36-21)16-8-10-22(32-12-16)33-29(43)38-45-4/h5-12H,13-14H2,1-4H3,(H2,32,33,38,43)(H2,34,35,41,42). The molecule has 0 saturated heterocycles. The van der Waals surface area contributed by atoms with Crippen molar-refractivity contribution in [2.45, 2.75) is 22.6 Å². The smallest absolute Gasteiger partial charge is 0.344 e. The molecule has 5 rings (SSSR count). The molecule has 4 heterocycles. The second kappa shape index (κ2) is 12.9. The van der Waals surface area contributed by atoms with Crippen molar-refractivity contribution in [2.75, 3.05) is 33.1 Å². The van der Waals surface area contributed by atoms with Gasteiger partial charge in [0.25, 0.3) is 5.56 Å². The number of hydroxylamine groups is 1. The van der Waals surface area contributed by atoms with E-state index in [0.29, 0.717) is 9.80 Å². The number of pyridine rings is 1. The van der Waals surface area contributed by atoms with Crippen LogP contribution in [0.5, 0.6) is 5.88 Å². The van der Waals surface area contributed by atoms with Crippen LogP contribution in [0, 0.1) is 11.6 Å². The number of likely N-dealkylation sites (N-methyl/N-ethyl adjacent to an activating group) is 1. The number of aromatic nitrogens is 5. The van der Waals surface area contributed by atoms with E-state index < -0.39 is 44.7 Å². The topological polar surface area (TPSA) is 184 Å². The zero-order valence-corrected chi connectivity index (χ0v) is 25.8. The van der Waals surface area contributed by atoms with E-state index in [1.54, 1.807) is 12.1 Å². The first kappa shape index (κ1) is 32.0. The maximum Gasteiger partial charge on any atom is 0.344 e. The molecule has 240 valence electrons. The number of carbonyl (C=O) groups excluding carboxylic acids is 2. The Balaban J connectivity index is 1.90. The number of halogens is 2. The van der Waals surface area contributed by atoms with Gasteiger partial charge in [-0.15, -0.1) is 20.2 Å². The highest BCUT2D eigenvalue weighted by molar-refractivity contribution is 8.40. The van der Waals surface area contributed by atoms with Gasteiger partial charge in [-0.25, -0.2) is 28.8 Å².